The number of thiophene rings is 1. The van der Waals surface area contributed by atoms with Gasteiger partial charge in [-0.2, -0.15) is 0 Å². The van der Waals surface area contributed by atoms with E-state index in [4.69, 9.17) is 11.6 Å². The van der Waals surface area contributed by atoms with Crippen molar-refractivity contribution >= 4 is 22.9 Å². The maximum atomic E-state index is 5.14. The van der Waals surface area contributed by atoms with Crippen molar-refractivity contribution in [1.82, 2.24) is 0 Å². The van der Waals surface area contributed by atoms with Gasteiger partial charge in [-0.25, -0.2) is 0 Å². The Balaban J connectivity index is 2.88. The van der Waals surface area contributed by atoms with Crippen molar-refractivity contribution in [1.29, 1.82) is 0 Å². The van der Waals surface area contributed by atoms with Crippen molar-refractivity contribution in [3.8, 4) is 11.3 Å². The summed E-state index contributed by atoms with van der Waals surface area (Å²) in [5, 5.41) is 4.27. The SMILES string of the molecule is ClC#Cc1cccs1. The average Bonchev–Trinajstić information content (AvgIpc) is 2.19. The Morgan fingerprint density at radius 2 is 2.50 bits per heavy atom. The van der Waals surface area contributed by atoms with E-state index in [9.17, 15) is 0 Å². The summed E-state index contributed by atoms with van der Waals surface area (Å²) in [4.78, 5) is 1.01. The molecular weight excluding hydrogens is 140 g/mol. The molecule has 0 radical (unpaired) electrons. The predicted octanol–water partition coefficient (Wildman–Crippen LogP) is 2.30. The van der Waals surface area contributed by atoms with E-state index in [2.05, 4.69) is 11.3 Å². The fraction of sp³-hybridized carbons (Fsp3) is 0. The second-order valence-corrected chi connectivity index (χ2v) is 2.33. The molecule has 0 aliphatic rings. The third-order valence-corrected chi connectivity index (χ3v) is 1.57. The van der Waals surface area contributed by atoms with Crippen LogP contribution in [0.5, 0.6) is 0 Å². The lowest BCUT2D eigenvalue weighted by Gasteiger charge is -1.68. The Morgan fingerprint density at radius 1 is 1.62 bits per heavy atom. The van der Waals surface area contributed by atoms with Gasteiger partial charge in [-0.3, -0.25) is 0 Å². The minimum atomic E-state index is 1.01. The summed E-state index contributed by atoms with van der Waals surface area (Å²) in [5.74, 6) is 2.72. The lowest BCUT2D eigenvalue weighted by molar-refractivity contribution is 1.94. The van der Waals surface area contributed by atoms with Crippen molar-refractivity contribution in [2.24, 2.45) is 0 Å². The van der Waals surface area contributed by atoms with E-state index in [1.807, 2.05) is 17.5 Å². The Labute approximate surface area is 57.1 Å². The van der Waals surface area contributed by atoms with E-state index >= 15 is 0 Å². The van der Waals surface area contributed by atoms with Crippen LogP contribution in [0.2, 0.25) is 0 Å². The lowest BCUT2D eigenvalue weighted by atomic mass is 10.5. The van der Waals surface area contributed by atoms with Crippen LogP contribution in [-0.4, -0.2) is 0 Å². The van der Waals surface area contributed by atoms with Gasteiger partial charge in [-0.1, -0.05) is 6.07 Å². The quantitative estimate of drug-likeness (QED) is 0.488. The number of halogens is 1. The number of rotatable bonds is 0. The van der Waals surface area contributed by atoms with Gasteiger partial charge < -0.3 is 0 Å². The molecule has 8 heavy (non-hydrogen) atoms. The van der Waals surface area contributed by atoms with Crippen LogP contribution in [0.1, 0.15) is 4.88 Å². The molecule has 0 aromatic carbocycles. The van der Waals surface area contributed by atoms with E-state index in [0.717, 1.165) is 4.88 Å². The minimum absolute atomic E-state index is 1.01. The first kappa shape index (κ1) is 5.68. The second-order valence-electron chi connectivity index (χ2n) is 1.20. The van der Waals surface area contributed by atoms with Gasteiger partial charge in [-0.15, -0.1) is 11.3 Å². The molecule has 0 atom stereocenters. The zero-order chi connectivity index (χ0) is 5.82. The summed E-state index contributed by atoms with van der Waals surface area (Å²) < 4.78 is 0. The van der Waals surface area contributed by atoms with E-state index in [-0.39, 0.29) is 0 Å². The topological polar surface area (TPSA) is 0 Å². The summed E-state index contributed by atoms with van der Waals surface area (Å²) >= 11 is 6.73. The maximum absolute atomic E-state index is 5.14. The number of hydrogen-bond acceptors (Lipinski definition) is 1. The molecule has 1 aromatic rings. The number of hydrogen-bond donors (Lipinski definition) is 0. The summed E-state index contributed by atoms with van der Waals surface area (Å²) in [6, 6.07) is 3.88. The second kappa shape index (κ2) is 2.76. The molecule has 0 aliphatic carbocycles. The third kappa shape index (κ3) is 1.26. The van der Waals surface area contributed by atoms with Gasteiger partial charge in [0.05, 0.1) is 4.88 Å². The van der Waals surface area contributed by atoms with Crippen molar-refractivity contribution < 1.29 is 0 Å². The molecule has 1 heterocycles. The van der Waals surface area contributed by atoms with Crippen LogP contribution in [0.4, 0.5) is 0 Å². The normalized spacial score (nSPS) is 7.62. The summed E-state index contributed by atoms with van der Waals surface area (Å²) in [6.07, 6.45) is 0. The highest BCUT2D eigenvalue weighted by Crippen LogP contribution is 2.05. The zero-order valence-corrected chi connectivity index (χ0v) is 5.59. The molecule has 0 bridgehead atoms. The van der Waals surface area contributed by atoms with Gasteiger partial charge in [0.25, 0.3) is 0 Å². The van der Waals surface area contributed by atoms with Crippen LogP contribution in [0.15, 0.2) is 17.5 Å². The fourth-order valence-corrected chi connectivity index (χ4v) is 1.12. The molecule has 0 nitrogen and oxygen atoms in total. The van der Waals surface area contributed by atoms with Gasteiger partial charge in [0.15, 0.2) is 0 Å². The Kier molecular flexibility index (Phi) is 1.96. The van der Waals surface area contributed by atoms with Crippen LogP contribution in [0.25, 0.3) is 0 Å². The maximum Gasteiger partial charge on any atom is 0.0781 e. The molecule has 1 rings (SSSR count). The smallest absolute Gasteiger partial charge is 0.0781 e. The molecule has 0 fully saturated rings. The molecule has 2 heteroatoms. The van der Waals surface area contributed by atoms with E-state index < -0.39 is 0 Å². The van der Waals surface area contributed by atoms with Gasteiger partial charge >= 0.3 is 0 Å². The summed E-state index contributed by atoms with van der Waals surface area (Å²) in [6.45, 7) is 0. The first-order chi connectivity index (χ1) is 3.93. The minimum Gasteiger partial charge on any atom is -0.135 e. The van der Waals surface area contributed by atoms with E-state index in [1.165, 1.54) is 0 Å². The van der Waals surface area contributed by atoms with Crippen LogP contribution >= 0.6 is 22.9 Å². The summed E-state index contributed by atoms with van der Waals surface area (Å²) in [7, 11) is 0. The Morgan fingerprint density at radius 3 is 3.00 bits per heavy atom. The van der Waals surface area contributed by atoms with Crippen LogP contribution in [-0.2, 0) is 0 Å². The molecule has 0 spiro atoms. The highest BCUT2D eigenvalue weighted by atomic mass is 35.5. The zero-order valence-electron chi connectivity index (χ0n) is 4.02. The van der Waals surface area contributed by atoms with Crippen molar-refractivity contribution in [3.63, 3.8) is 0 Å². The first-order valence-corrected chi connectivity index (χ1v) is 3.34. The Hall–Kier alpha value is -0.450. The third-order valence-electron chi connectivity index (χ3n) is 0.692. The van der Waals surface area contributed by atoms with Crippen molar-refractivity contribution in [2.75, 3.05) is 0 Å². The van der Waals surface area contributed by atoms with E-state index in [0.29, 0.717) is 0 Å². The van der Waals surface area contributed by atoms with Crippen molar-refractivity contribution in [3.05, 3.63) is 22.4 Å². The molecule has 0 aliphatic heterocycles. The van der Waals surface area contributed by atoms with Gasteiger partial charge in [0.2, 0.25) is 0 Å². The summed E-state index contributed by atoms with van der Waals surface area (Å²) in [5.41, 5.74) is 0. The average molecular weight is 143 g/mol. The molecule has 1 aromatic heterocycles. The Bertz CT molecular complexity index is 202. The molecule has 0 saturated heterocycles. The monoisotopic (exact) mass is 142 g/mol. The molecular formula is C6H3ClS. The molecule has 40 valence electrons. The lowest BCUT2D eigenvalue weighted by Crippen LogP contribution is -1.52. The van der Waals surface area contributed by atoms with Crippen LogP contribution in [0, 0.1) is 11.3 Å². The standard InChI is InChI=1S/C6H3ClS/c7-4-3-6-2-1-5-8-6/h1-2,5H. The molecule has 0 amide bonds. The van der Waals surface area contributed by atoms with Gasteiger partial charge in [0, 0.05) is 5.38 Å². The molecule has 0 saturated carbocycles. The highest BCUT2D eigenvalue weighted by Gasteiger charge is 1.80. The first-order valence-electron chi connectivity index (χ1n) is 2.08. The van der Waals surface area contributed by atoms with Crippen LogP contribution < -0.4 is 0 Å². The highest BCUT2D eigenvalue weighted by molar-refractivity contribution is 7.10. The molecule has 0 unspecified atom stereocenters. The van der Waals surface area contributed by atoms with E-state index in [1.54, 1.807) is 11.3 Å². The largest absolute Gasteiger partial charge is 0.135 e. The van der Waals surface area contributed by atoms with Gasteiger partial charge in [0.1, 0.15) is 0 Å². The van der Waals surface area contributed by atoms with Gasteiger partial charge in [-0.05, 0) is 29.0 Å². The fourth-order valence-electron chi connectivity index (χ4n) is 0.396. The predicted molar refractivity (Wildman–Crippen MR) is 37.1 cm³/mol. The van der Waals surface area contributed by atoms with Crippen molar-refractivity contribution in [2.45, 2.75) is 0 Å². The van der Waals surface area contributed by atoms with Crippen LogP contribution in [0.3, 0.4) is 0 Å². The molecule has 0 N–H and O–H groups in total.